The van der Waals surface area contributed by atoms with E-state index >= 15 is 0 Å². The Hall–Kier alpha value is -0.810. The van der Waals surface area contributed by atoms with Crippen molar-refractivity contribution in [2.75, 3.05) is 27.9 Å². The van der Waals surface area contributed by atoms with Crippen molar-refractivity contribution >= 4 is 5.97 Å². The van der Waals surface area contributed by atoms with E-state index in [0.717, 1.165) is 6.42 Å². The molecule has 0 spiro atoms. The zero-order valence-corrected chi connectivity index (χ0v) is 19.1. The van der Waals surface area contributed by atoms with Gasteiger partial charge in [0.25, 0.3) is 0 Å². The first-order valence-electron chi connectivity index (χ1n) is 11.2. The number of methoxy groups -OCH3 is 3. The molecule has 0 aromatic rings. The highest BCUT2D eigenvalue weighted by molar-refractivity contribution is 5.67. The Bertz CT molecular complexity index is 587. The zero-order valence-electron chi connectivity index (χ0n) is 19.1. The first-order valence-corrected chi connectivity index (χ1v) is 11.2. The highest BCUT2D eigenvalue weighted by Gasteiger charge is 2.47. The van der Waals surface area contributed by atoms with Crippen LogP contribution >= 0.6 is 0 Å². The van der Waals surface area contributed by atoms with Crippen LogP contribution in [-0.2, 0) is 33.2 Å². The van der Waals surface area contributed by atoms with Gasteiger partial charge in [-0.1, -0.05) is 13.8 Å². The molecule has 0 aromatic carbocycles. The molecule has 3 aliphatic rings. The van der Waals surface area contributed by atoms with Gasteiger partial charge < -0.3 is 38.6 Å². The van der Waals surface area contributed by atoms with E-state index in [2.05, 4.69) is 6.92 Å². The van der Waals surface area contributed by atoms with E-state index in [4.69, 9.17) is 28.4 Å². The van der Waals surface area contributed by atoms with E-state index in [1.54, 1.807) is 21.3 Å². The number of hydrogen-bond donors (Lipinski definition) is 2. The van der Waals surface area contributed by atoms with Crippen molar-refractivity contribution in [3.8, 4) is 0 Å². The topological polar surface area (TPSA) is 113 Å². The molecule has 1 aliphatic carbocycles. The second-order valence-corrected chi connectivity index (χ2v) is 9.22. The van der Waals surface area contributed by atoms with Gasteiger partial charge >= 0.3 is 5.97 Å². The maximum atomic E-state index is 11.4. The van der Waals surface area contributed by atoms with Crippen LogP contribution in [-0.4, -0.2) is 93.1 Å². The SMILES string of the molecule is CO[C@@H]1[C@@H](OC)[C@H](O[C@H]2C[C@@H](C[C@H](O)[C@@H]3C[C@H]3C)O[C@@H](CC(=O)O)[C@@H]2C)OC[C@H]1OC. The average molecular weight is 447 g/mol. The van der Waals surface area contributed by atoms with Crippen molar-refractivity contribution < 1.29 is 43.4 Å². The molecule has 0 radical (unpaired) electrons. The van der Waals surface area contributed by atoms with Crippen molar-refractivity contribution in [3.63, 3.8) is 0 Å². The standard InChI is InChI=1S/C22H38O9/c1-11-6-14(11)15(23)7-13-8-16(12(2)17(30-13)9-19(24)25)31-22-21(28-5)20(27-4)18(26-3)10-29-22/h11-18,20-23H,6-10H2,1-5H3,(H,24,25)/t11-,12-,13-,14-,15+,16+,17+,18-,20+,21-,22+/m1/s1. The third-order valence-electron chi connectivity index (χ3n) is 7.12. The molecular formula is C22H38O9. The van der Waals surface area contributed by atoms with E-state index in [1.165, 1.54) is 0 Å². The molecule has 2 N–H and O–H groups in total. The van der Waals surface area contributed by atoms with Crippen molar-refractivity contribution in [2.45, 2.75) is 88.5 Å². The van der Waals surface area contributed by atoms with Gasteiger partial charge in [-0.3, -0.25) is 4.79 Å². The summed E-state index contributed by atoms with van der Waals surface area (Å²) < 4.78 is 35.0. The van der Waals surface area contributed by atoms with Gasteiger partial charge in [0.05, 0.1) is 37.4 Å². The summed E-state index contributed by atoms with van der Waals surface area (Å²) in [6.45, 7) is 4.36. The molecule has 3 fully saturated rings. The van der Waals surface area contributed by atoms with Gasteiger partial charge in [-0.25, -0.2) is 0 Å². The quantitative estimate of drug-likeness (QED) is 0.515. The lowest BCUT2D eigenvalue weighted by Gasteiger charge is -2.45. The van der Waals surface area contributed by atoms with E-state index in [-0.39, 0.29) is 36.8 Å². The van der Waals surface area contributed by atoms with Crippen molar-refractivity contribution in [3.05, 3.63) is 0 Å². The van der Waals surface area contributed by atoms with Gasteiger partial charge in [0.2, 0.25) is 0 Å². The van der Waals surface area contributed by atoms with Crippen LogP contribution in [0, 0.1) is 17.8 Å². The van der Waals surface area contributed by atoms with Gasteiger partial charge in [0, 0.05) is 33.7 Å². The Balaban J connectivity index is 1.69. The summed E-state index contributed by atoms with van der Waals surface area (Å²) in [5.41, 5.74) is 0. The third kappa shape index (κ3) is 5.96. The van der Waals surface area contributed by atoms with Crippen LogP contribution in [0.1, 0.15) is 39.5 Å². The number of hydrogen-bond acceptors (Lipinski definition) is 8. The minimum atomic E-state index is -0.918. The number of aliphatic hydroxyl groups excluding tert-OH is 1. The molecule has 9 heteroatoms. The Kier molecular flexibility index (Phi) is 8.71. The summed E-state index contributed by atoms with van der Waals surface area (Å²) >= 11 is 0. The summed E-state index contributed by atoms with van der Waals surface area (Å²) in [4.78, 5) is 11.4. The molecule has 11 atom stereocenters. The molecule has 2 heterocycles. The van der Waals surface area contributed by atoms with Crippen LogP contribution < -0.4 is 0 Å². The molecular weight excluding hydrogens is 408 g/mol. The largest absolute Gasteiger partial charge is 0.481 e. The molecule has 0 aromatic heterocycles. The smallest absolute Gasteiger partial charge is 0.305 e. The van der Waals surface area contributed by atoms with Gasteiger partial charge in [0.15, 0.2) is 6.29 Å². The maximum Gasteiger partial charge on any atom is 0.305 e. The molecule has 2 aliphatic heterocycles. The Morgan fingerprint density at radius 1 is 1.06 bits per heavy atom. The summed E-state index contributed by atoms with van der Waals surface area (Å²) in [5.74, 6) is -0.254. The molecule has 31 heavy (non-hydrogen) atoms. The molecule has 180 valence electrons. The van der Waals surface area contributed by atoms with Gasteiger partial charge in [-0.05, 0) is 24.7 Å². The number of aliphatic carboxylic acids is 1. The Labute approximate surface area is 184 Å². The zero-order chi connectivity index (χ0) is 22.7. The first-order chi connectivity index (χ1) is 14.8. The van der Waals surface area contributed by atoms with E-state index in [0.29, 0.717) is 31.3 Å². The number of carboxylic acid groups (broad SMARTS) is 1. The van der Waals surface area contributed by atoms with Crippen LogP contribution in [0.15, 0.2) is 0 Å². The number of ether oxygens (including phenoxy) is 6. The van der Waals surface area contributed by atoms with Crippen molar-refractivity contribution in [1.29, 1.82) is 0 Å². The fourth-order valence-electron chi connectivity index (χ4n) is 4.98. The summed E-state index contributed by atoms with van der Waals surface area (Å²) in [7, 11) is 4.77. The summed E-state index contributed by atoms with van der Waals surface area (Å²) in [6, 6.07) is 0. The van der Waals surface area contributed by atoms with Gasteiger partial charge in [-0.15, -0.1) is 0 Å². The van der Waals surface area contributed by atoms with Crippen LogP contribution in [0.2, 0.25) is 0 Å². The van der Waals surface area contributed by atoms with E-state index in [1.807, 2.05) is 6.92 Å². The third-order valence-corrected chi connectivity index (χ3v) is 7.12. The van der Waals surface area contributed by atoms with E-state index < -0.39 is 30.6 Å². The van der Waals surface area contributed by atoms with Crippen molar-refractivity contribution in [2.24, 2.45) is 17.8 Å². The lowest BCUT2D eigenvalue weighted by Crippen LogP contribution is -2.58. The molecule has 1 saturated carbocycles. The lowest BCUT2D eigenvalue weighted by atomic mass is 9.86. The summed E-state index contributed by atoms with van der Waals surface area (Å²) in [5, 5.41) is 19.9. The predicted molar refractivity (Wildman–Crippen MR) is 110 cm³/mol. The minimum Gasteiger partial charge on any atom is -0.481 e. The highest BCUT2D eigenvalue weighted by atomic mass is 16.7. The molecule has 0 amide bonds. The number of carboxylic acids is 1. The Morgan fingerprint density at radius 3 is 2.29 bits per heavy atom. The fraction of sp³-hybridized carbons (Fsp3) is 0.955. The average Bonchev–Trinajstić information content (AvgIpc) is 3.47. The Morgan fingerprint density at radius 2 is 1.74 bits per heavy atom. The minimum absolute atomic E-state index is 0.112. The van der Waals surface area contributed by atoms with E-state index in [9.17, 15) is 15.0 Å². The van der Waals surface area contributed by atoms with Crippen LogP contribution in [0.3, 0.4) is 0 Å². The molecule has 0 bridgehead atoms. The molecule has 9 nitrogen and oxygen atoms in total. The summed E-state index contributed by atoms with van der Waals surface area (Å²) in [6.07, 6.45) is -1.38. The monoisotopic (exact) mass is 446 g/mol. The van der Waals surface area contributed by atoms with Gasteiger partial charge in [-0.2, -0.15) is 0 Å². The fourth-order valence-corrected chi connectivity index (χ4v) is 4.98. The van der Waals surface area contributed by atoms with Crippen molar-refractivity contribution in [1.82, 2.24) is 0 Å². The molecule has 0 unspecified atom stereocenters. The predicted octanol–water partition coefficient (Wildman–Crippen LogP) is 1.45. The van der Waals surface area contributed by atoms with Crippen LogP contribution in [0.25, 0.3) is 0 Å². The number of rotatable bonds is 10. The second-order valence-electron chi connectivity index (χ2n) is 9.22. The highest BCUT2D eigenvalue weighted by Crippen LogP contribution is 2.43. The normalized spacial score (nSPS) is 44.1. The van der Waals surface area contributed by atoms with Gasteiger partial charge in [0.1, 0.15) is 18.3 Å². The molecule has 3 rings (SSSR count). The first kappa shape index (κ1) is 24.8. The maximum absolute atomic E-state index is 11.4. The van der Waals surface area contributed by atoms with Crippen LogP contribution in [0.5, 0.6) is 0 Å². The van der Waals surface area contributed by atoms with Crippen LogP contribution in [0.4, 0.5) is 0 Å². The lowest BCUT2D eigenvalue weighted by molar-refractivity contribution is -0.309. The second kappa shape index (κ2) is 10.9. The number of aliphatic hydroxyl groups is 1. The number of carbonyl (C=O) groups is 1. The molecule has 2 saturated heterocycles.